The highest BCUT2D eigenvalue weighted by Crippen LogP contribution is 2.19. The normalized spacial score (nSPS) is 16.0. The number of amides is 1. The third-order valence-electron chi connectivity index (χ3n) is 3.70. The fourth-order valence-corrected chi connectivity index (χ4v) is 2.52. The van der Waals surface area contributed by atoms with Crippen LogP contribution >= 0.6 is 0 Å². The first-order valence-corrected chi connectivity index (χ1v) is 7.67. The lowest BCUT2D eigenvalue weighted by Crippen LogP contribution is -2.30. The van der Waals surface area contributed by atoms with Crippen LogP contribution in [0.25, 0.3) is 0 Å². The summed E-state index contributed by atoms with van der Waals surface area (Å²) in [5.41, 5.74) is 1.04. The van der Waals surface area contributed by atoms with Gasteiger partial charge in [-0.1, -0.05) is 6.07 Å². The van der Waals surface area contributed by atoms with Gasteiger partial charge in [0.15, 0.2) is 0 Å². The molecular formula is C16H25N3O2. The molecule has 0 aromatic carbocycles. The minimum Gasteiger partial charge on any atom is -0.446 e. The minimum absolute atomic E-state index is 0.127. The zero-order valence-electron chi connectivity index (χ0n) is 13.1. The van der Waals surface area contributed by atoms with E-state index in [1.54, 1.807) is 7.05 Å². The fourth-order valence-electron chi connectivity index (χ4n) is 2.52. The van der Waals surface area contributed by atoms with E-state index < -0.39 is 0 Å². The number of rotatable bonds is 4. The van der Waals surface area contributed by atoms with E-state index in [0.717, 1.165) is 25.2 Å². The van der Waals surface area contributed by atoms with E-state index in [0.29, 0.717) is 11.7 Å². The molecule has 0 spiro atoms. The highest BCUT2D eigenvalue weighted by Gasteiger charge is 2.17. The Hall–Kier alpha value is -1.62. The summed E-state index contributed by atoms with van der Waals surface area (Å²) in [4.78, 5) is 18.0. The van der Waals surface area contributed by atoms with Crippen molar-refractivity contribution in [1.29, 1.82) is 0 Å². The SMILES string of the molecule is CC(C)OC(=O)N(C)c1cccc(CC2CCNCC2)n1. The van der Waals surface area contributed by atoms with Crippen LogP contribution < -0.4 is 10.2 Å². The highest BCUT2D eigenvalue weighted by molar-refractivity contribution is 5.85. The number of ether oxygens (including phenoxy) is 1. The number of pyridine rings is 1. The summed E-state index contributed by atoms with van der Waals surface area (Å²) in [6.07, 6.45) is 2.87. The molecule has 1 aromatic heterocycles. The first-order chi connectivity index (χ1) is 10.1. The molecule has 21 heavy (non-hydrogen) atoms. The average Bonchev–Trinajstić information content (AvgIpc) is 2.47. The second kappa shape index (κ2) is 7.41. The largest absolute Gasteiger partial charge is 0.446 e. The van der Waals surface area contributed by atoms with E-state index in [1.165, 1.54) is 17.7 Å². The molecule has 0 aliphatic carbocycles. The zero-order valence-corrected chi connectivity index (χ0v) is 13.1. The molecule has 116 valence electrons. The number of anilines is 1. The van der Waals surface area contributed by atoms with Crippen molar-refractivity contribution >= 4 is 11.9 Å². The lowest BCUT2D eigenvalue weighted by Gasteiger charge is -2.23. The molecular weight excluding hydrogens is 266 g/mol. The quantitative estimate of drug-likeness (QED) is 0.926. The Kier molecular flexibility index (Phi) is 5.56. The fraction of sp³-hybridized carbons (Fsp3) is 0.625. The van der Waals surface area contributed by atoms with E-state index in [2.05, 4.69) is 10.3 Å². The van der Waals surface area contributed by atoms with E-state index in [9.17, 15) is 4.79 Å². The molecule has 0 bridgehead atoms. The van der Waals surface area contributed by atoms with Gasteiger partial charge in [-0.05, 0) is 64.3 Å². The number of piperidine rings is 1. The van der Waals surface area contributed by atoms with E-state index in [1.807, 2.05) is 32.0 Å². The Morgan fingerprint density at radius 2 is 2.14 bits per heavy atom. The van der Waals surface area contributed by atoms with E-state index in [4.69, 9.17) is 4.74 Å². The molecule has 5 heteroatoms. The van der Waals surface area contributed by atoms with Crippen molar-refractivity contribution in [3.05, 3.63) is 23.9 Å². The summed E-state index contributed by atoms with van der Waals surface area (Å²) in [5, 5.41) is 3.37. The van der Waals surface area contributed by atoms with Crippen LogP contribution in [0.2, 0.25) is 0 Å². The maximum atomic E-state index is 11.9. The number of aromatic nitrogens is 1. The van der Waals surface area contributed by atoms with Crippen LogP contribution in [0.3, 0.4) is 0 Å². The Morgan fingerprint density at radius 1 is 1.43 bits per heavy atom. The maximum Gasteiger partial charge on any atom is 0.415 e. The summed E-state index contributed by atoms with van der Waals surface area (Å²) in [6.45, 7) is 5.86. The van der Waals surface area contributed by atoms with Crippen molar-refractivity contribution in [3.63, 3.8) is 0 Å². The molecule has 1 amide bonds. The average molecular weight is 291 g/mol. The monoisotopic (exact) mass is 291 g/mol. The third-order valence-corrected chi connectivity index (χ3v) is 3.70. The second-order valence-electron chi connectivity index (χ2n) is 5.88. The predicted molar refractivity (Wildman–Crippen MR) is 83.6 cm³/mol. The summed E-state index contributed by atoms with van der Waals surface area (Å²) in [7, 11) is 1.70. The van der Waals surface area contributed by atoms with Crippen molar-refractivity contribution in [2.24, 2.45) is 5.92 Å². The molecule has 0 radical (unpaired) electrons. The summed E-state index contributed by atoms with van der Waals surface area (Å²) in [6, 6.07) is 5.83. The topological polar surface area (TPSA) is 54.5 Å². The first-order valence-electron chi connectivity index (χ1n) is 7.67. The minimum atomic E-state index is -0.364. The Labute approximate surface area is 126 Å². The van der Waals surface area contributed by atoms with Crippen molar-refractivity contribution in [2.75, 3.05) is 25.0 Å². The van der Waals surface area contributed by atoms with Crippen LogP contribution in [0.4, 0.5) is 10.6 Å². The van der Waals surface area contributed by atoms with Gasteiger partial charge in [-0.2, -0.15) is 0 Å². The lowest BCUT2D eigenvalue weighted by atomic mass is 9.93. The molecule has 1 aliphatic heterocycles. The number of nitrogens with zero attached hydrogens (tertiary/aromatic N) is 2. The molecule has 0 atom stereocenters. The van der Waals surface area contributed by atoms with Gasteiger partial charge >= 0.3 is 6.09 Å². The molecule has 2 heterocycles. The van der Waals surface area contributed by atoms with Crippen LogP contribution in [0.1, 0.15) is 32.4 Å². The zero-order chi connectivity index (χ0) is 15.2. The molecule has 0 unspecified atom stereocenters. The van der Waals surface area contributed by atoms with Crippen molar-refractivity contribution in [2.45, 2.75) is 39.2 Å². The number of carbonyl (C=O) groups excluding carboxylic acids is 1. The second-order valence-corrected chi connectivity index (χ2v) is 5.88. The summed E-state index contributed by atoms with van der Waals surface area (Å²) in [5.74, 6) is 1.33. The molecule has 2 rings (SSSR count). The highest BCUT2D eigenvalue weighted by atomic mass is 16.6. The molecule has 1 fully saturated rings. The number of carbonyl (C=O) groups is 1. The van der Waals surface area contributed by atoms with Crippen molar-refractivity contribution in [1.82, 2.24) is 10.3 Å². The van der Waals surface area contributed by atoms with Crippen molar-refractivity contribution in [3.8, 4) is 0 Å². The van der Waals surface area contributed by atoms with Gasteiger partial charge in [-0.3, -0.25) is 4.90 Å². The van der Waals surface area contributed by atoms with E-state index in [-0.39, 0.29) is 12.2 Å². The lowest BCUT2D eigenvalue weighted by molar-refractivity contribution is 0.123. The Balaban J connectivity index is 2.00. The number of hydrogen-bond acceptors (Lipinski definition) is 4. The first kappa shape index (κ1) is 15.8. The maximum absolute atomic E-state index is 11.9. The number of nitrogens with one attached hydrogen (secondary N) is 1. The van der Waals surface area contributed by atoms with Gasteiger partial charge in [-0.25, -0.2) is 9.78 Å². The molecule has 1 aromatic rings. The van der Waals surface area contributed by atoms with Crippen LogP contribution in [-0.2, 0) is 11.2 Å². The van der Waals surface area contributed by atoms with Crippen LogP contribution in [0, 0.1) is 5.92 Å². The molecule has 1 saturated heterocycles. The van der Waals surface area contributed by atoms with E-state index >= 15 is 0 Å². The Morgan fingerprint density at radius 3 is 2.81 bits per heavy atom. The van der Waals surface area contributed by atoms with Gasteiger partial charge in [0.1, 0.15) is 5.82 Å². The predicted octanol–water partition coefficient (Wildman–Crippen LogP) is 2.60. The molecule has 1 aliphatic rings. The van der Waals surface area contributed by atoms with Gasteiger partial charge in [0.25, 0.3) is 0 Å². The number of hydrogen-bond donors (Lipinski definition) is 1. The van der Waals surface area contributed by atoms with Gasteiger partial charge in [0, 0.05) is 12.7 Å². The van der Waals surface area contributed by atoms with Gasteiger partial charge in [0.05, 0.1) is 6.10 Å². The van der Waals surface area contributed by atoms with Crippen LogP contribution in [-0.4, -0.2) is 37.3 Å². The van der Waals surface area contributed by atoms with Crippen molar-refractivity contribution < 1.29 is 9.53 Å². The van der Waals surface area contributed by atoms with Gasteiger partial charge < -0.3 is 10.1 Å². The summed E-state index contributed by atoms with van der Waals surface area (Å²) < 4.78 is 5.19. The Bertz CT molecular complexity index is 470. The van der Waals surface area contributed by atoms with Crippen LogP contribution in [0.15, 0.2) is 18.2 Å². The van der Waals surface area contributed by atoms with Gasteiger partial charge in [0.2, 0.25) is 0 Å². The van der Waals surface area contributed by atoms with Crippen LogP contribution in [0.5, 0.6) is 0 Å². The molecule has 5 nitrogen and oxygen atoms in total. The van der Waals surface area contributed by atoms with Gasteiger partial charge in [-0.15, -0.1) is 0 Å². The molecule has 0 saturated carbocycles. The third kappa shape index (κ3) is 4.70. The smallest absolute Gasteiger partial charge is 0.415 e. The molecule has 1 N–H and O–H groups in total. The summed E-state index contributed by atoms with van der Waals surface area (Å²) >= 11 is 0. The standard InChI is InChI=1S/C16H25N3O2/c1-12(2)21-16(20)19(3)15-6-4-5-14(18-15)11-13-7-9-17-10-8-13/h4-6,12-13,17H,7-11H2,1-3H3.